The number of rotatable bonds is 6. The van der Waals surface area contributed by atoms with E-state index >= 15 is 0 Å². The fourth-order valence-corrected chi connectivity index (χ4v) is 2.06. The SMILES string of the molecule is COc1ccccc1CC(C)(NC(C)C)C(=O)O. The lowest BCUT2D eigenvalue weighted by molar-refractivity contribution is -0.144. The van der Waals surface area contributed by atoms with Gasteiger partial charge in [-0.3, -0.25) is 10.1 Å². The van der Waals surface area contributed by atoms with Gasteiger partial charge in [-0.15, -0.1) is 0 Å². The Labute approximate surface area is 108 Å². The molecule has 2 N–H and O–H groups in total. The molecule has 0 aliphatic carbocycles. The van der Waals surface area contributed by atoms with Crippen molar-refractivity contribution < 1.29 is 14.6 Å². The Hall–Kier alpha value is -1.55. The van der Waals surface area contributed by atoms with Crippen molar-refractivity contribution in [3.63, 3.8) is 0 Å². The zero-order chi connectivity index (χ0) is 13.8. The van der Waals surface area contributed by atoms with E-state index in [2.05, 4.69) is 5.32 Å². The van der Waals surface area contributed by atoms with Crippen molar-refractivity contribution in [1.82, 2.24) is 5.32 Å². The summed E-state index contributed by atoms with van der Waals surface area (Å²) in [5.41, 5.74) is -0.110. The van der Waals surface area contributed by atoms with Gasteiger partial charge < -0.3 is 9.84 Å². The van der Waals surface area contributed by atoms with Crippen LogP contribution in [0.15, 0.2) is 24.3 Å². The van der Waals surface area contributed by atoms with Crippen LogP contribution >= 0.6 is 0 Å². The summed E-state index contributed by atoms with van der Waals surface area (Å²) in [4.78, 5) is 11.5. The number of carbonyl (C=O) groups is 1. The molecule has 0 aliphatic heterocycles. The van der Waals surface area contributed by atoms with E-state index in [1.54, 1.807) is 14.0 Å². The highest BCUT2D eigenvalue weighted by atomic mass is 16.5. The summed E-state index contributed by atoms with van der Waals surface area (Å²) < 4.78 is 5.26. The van der Waals surface area contributed by atoms with Gasteiger partial charge in [0.1, 0.15) is 11.3 Å². The van der Waals surface area contributed by atoms with Crippen molar-refractivity contribution in [2.75, 3.05) is 7.11 Å². The van der Waals surface area contributed by atoms with Crippen molar-refractivity contribution in [3.8, 4) is 5.75 Å². The van der Waals surface area contributed by atoms with E-state index in [-0.39, 0.29) is 6.04 Å². The summed E-state index contributed by atoms with van der Waals surface area (Å²) in [6.45, 7) is 5.56. The number of carboxylic acid groups (broad SMARTS) is 1. The van der Waals surface area contributed by atoms with Crippen LogP contribution in [0.2, 0.25) is 0 Å². The predicted octanol–water partition coefficient (Wildman–Crippen LogP) is 2.08. The van der Waals surface area contributed by atoms with E-state index in [1.165, 1.54) is 0 Å². The molecule has 18 heavy (non-hydrogen) atoms. The Bertz CT molecular complexity index is 417. The van der Waals surface area contributed by atoms with Crippen LogP contribution in [0.25, 0.3) is 0 Å². The fraction of sp³-hybridized carbons (Fsp3) is 0.500. The van der Waals surface area contributed by atoms with Crippen LogP contribution in [0.4, 0.5) is 0 Å². The summed E-state index contributed by atoms with van der Waals surface area (Å²) in [6.07, 6.45) is 0.379. The summed E-state index contributed by atoms with van der Waals surface area (Å²) in [5, 5.41) is 12.5. The van der Waals surface area contributed by atoms with Gasteiger partial charge in [0.15, 0.2) is 0 Å². The van der Waals surface area contributed by atoms with Gasteiger partial charge in [-0.2, -0.15) is 0 Å². The van der Waals surface area contributed by atoms with E-state index in [0.717, 1.165) is 11.3 Å². The molecule has 0 saturated carbocycles. The van der Waals surface area contributed by atoms with Crippen LogP contribution in [0.3, 0.4) is 0 Å². The summed E-state index contributed by atoms with van der Waals surface area (Å²) in [5.74, 6) is -0.141. The van der Waals surface area contributed by atoms with Crippen LogP contribution in [-0.4, -0.2) is 29.8 Å². The van der Waals surface area contributed by atoms with E-state index in [1.807, 2.05) is 38.1 Å². The average molecular weight is 251 g/mol. The van der Waals surface area contributed by atoms with Crippen LogP contribution in [0, 0.1) is 0 Å². The minimum Gasteiger partial charge on any atom is -0.496 e. The van der Waals surface area contributed by atoms with Gasteiger partial charge in [0.25, 0.3) is 0 Å². The Balaban J connectivity index is 3.00. The van der Waals surface area contributed by atoms with Crippen LogP contribution < -0.4 is 10.1 Å². The van der Waals surface area contributed by atoms with E-state index in [4.69, 9.17) is 4.74 Å². The summed E-state index contributed by atoms with van der Waals surface area (Å²) in [7, 11) is 1.59. The topological polar surface area (TPSA) is 58.6 Å². The van der Waals surface area contributed by atoms with E-state index < -0.39 is 11.5 Å². The molecule has 1 unspecified atom stereocenters. The first-order valence-corrected chi connectivity index (χ1v) is 6.02. The molecule has 0 heterocycles. The highest BCUT2D eigenvalue weighted by molar-refractivity contribution is 5.79. The third-order valence-corrected chi connectivity index (χ3v) is 2.82. The highest BCUT2D eigenvalue weighted by Gasteiger charge is 2.34. The molecule has 100 valence electrons. The first kappa shape index (κ1) is 14.5. The quantitative estimate of drug-likeness (QED) is 0.812. The van der Waals surface area contributed by atoms with E-state index in [9.17, 15) is 9.90 Å². The monoisotopic (exact) mass is 251 g/mol. The third-order valence-electron chi connectivity index (χ3n) is 2.82. The molecular weight excluding hydrogens is 230 g/mol. The van der Waals surface area contributed by atoms with Crippen molar-refractivity contribution in [2.24, 2.45) is 0 Å². The molecule has 1 aromatic rings. The minimum atomic E-state index is -0.997. The number of carboxylic acids is 1. The lowest BCUT2D eigenvalue weighted by Crippen LogP contribution is -2.54. The molecule has 0 amide bonds. The first-order valence-electron chi connectivity index (χ1n) is 6.02. The molecule has 4 nitrogen and oxygen atoms in total. The fourth-order valence-electron chi connectivity index (χ4n) is 2.06. The lowest BCUT2D eigenvalue weighted by atomic mass is 9.91. The molecule has 0 saturated heterocycles. The molecule has 0 radical (unpaired) electrons. The number of ether oxygens (including phenoxy) is 1. The molecular formula is C14H21NO3. The standard InChI is InChI=1S/C14H21NO3/c1-10(2)15-14(3,13(16)17)9-11-7-5-6-8-12(11)18-4/h5-8,10,15H,9H2,1-4H3,(H,16,17). The van der Waals surface area contributed by atoms with Gasteiger partial charge >= 0.3 is 5.97 Å². The zero-order valence-corrected chi connectivity index (χ0v) is 11.4. The number of hydrogen-bond acceptors (Lipinski definition) is 3. The molecule has 1 atom stereocenters. The molecule has 1 rings (SSSR count). The number of para-hydroxylation sites is 1. The average Bonchev–Trinajstić information content (AvgIpc) is 2.28. The van der Waals surface area contributed by atoms with Crippen molar-refractivity contribution in [2.45, 2.75) is 38.8 Å². The van der Waals surface area contributed by atoms with Crippen molar-refractivity contribution >= 4 is 5.97 Å². The number of nitrogens with one attached hydrogen (secondary N) is 1. The predicted molar refractivity (Wildman–Crippen MR) is 71.0 cm³/mol. The molecule has 0 aliphatic rings. The molecule has 0 fully saturated rings. The highest BCUT2D eigenvalue weighted by Crippen LogP contribution is 2.23. The molecule has 0 aromatic heterocycles. The summed E-state index contributed by atoms with van der Waals surface area (Å²) in [6, 6.07) is 7.58. The number of aliphatic carboxylic acids is 1. The second-order valence-corrected chi connectivity index (χ2v) is 4.92. The maximum absolute atomic E-state index is 11.5. The maximum Gasteiger partial charge on any atom is 0.323 e. The Morgan fingerprint density at radius 3 is 2.56 bits per heavy atom. The van der Waals surface area contributed by atoms with Crippen molar-refractivity contribution in [3.05, 3.63) is 29.8 Å². The van der Waals surface area contributed by atoms with Gasteiger partial charge in [0, 0.05) is 12.5 Å². The van der Waals surface area contributed by atoms with Crippen LogP contribution in [-0.2, 0) is 11.2 Å². The molecule has 0 spiro atoms. The normalized spacial score (nSPS) is 14.3. The Kier molecular flexibility index (Phi) is 4.73. The second-order valence-electron chi connectivity index (χ2n) is 4.92. The molecule has 4 heteroatoms. The van der Waals surface area contributed by atoms with Gasteiger partial charge in [-0.1, -0.05) is 18.2 Å². The van der Waals surface area contributed by atoms with Gasteiger partial charge in [-0.05, 0) is 32.4 Å². The number of hydrogen-bond donors (Lipinski definition) is 2. The lowest BCUT2D eigenvalue weighted by Gasteiger charge is -2.29. The van der Waals surface area contributed by atoms with Crippen LogP contribution in [0.1, 0.15) is 26.3 Å². The second kappa shape index (κ2) is 5.87. The minimum absolute atomic E-state index is 0.0980. The Morgan fingerprint density at radius 2 is 2.06 bits per heavy atom. The maximum atomic E-state index is 11.5. The van der Waals surface area contributed by atoms with E-state index in [0.29, 0.717) is 6.42 Å². The van der Waals surface area contributed by atoms with Gasteiger partial charge in [0.2, 0.25) is 0 Å². The third kappa shape index (κ3) is 3.47. The zero-order valence-electron chi connectivity index (χ0n) is 11.4. The first-order chi connectivity index (χ1) is 8.39. The number of methoxy groups -OCH3 is 1. The number of benzene rings is 1. The molecule has 0 bridgehead atoms. The molecule has 1 aromatic carbocycles. The van der Waals surface area contributed by atoms with Gasteiger partial charge in [-0.25, -0.2) is 0 Å². The van der Waals surface area contributed by atoms with Crippen LogP contribution in [0.5, 0.6) is 5.75 Å². The van der Waals surface area contributed by atoms with Gasteiger partial charge in [0.05, 0.1) is 7.11 Å². The smallest absolute Gasteiger partial charge is 0.323 e. The van der Waals surface area contributed by atoms with Crippen molar-refractivity contribution in [1.29, 1.82) is 0 Å². The summed E-state index contributed by atoms with van der Waals surface area (Å²) >= 11 is 0. The largest absolute Gasteiger partial charge is 0.496 e. The Morgan fingerprint density at radius 1 is 1.44 bits per heavy atom.